The van der Waals surface area contributed by atoms with E-state index < -0.39 is 0 Å². The predicted octanol–water partition coefficient (Wildman–Crippen LogP) is 3.64. The first-order valence-corrected chi connectivity index (χ1v) is 9.50. The molecule has 0 unspecified atom stereocenters. The molecule has 1 aliphatic heterocycles. The smallest absolute Gasteiger partial charge is 0.291 e. The number of ether oxygens (including phenoxy) is 2. The minimum atomic E-state index is -0.351. The maximum Gasteiger partial charge on any atom is 0.291 e. The van der Waals surface area contributed by atoms with Crippen LogP contribution in [0, 0.1) is 0 Å². The van der Waals surface area contributed by atoms with Gasteiger partial charge in [0, 0.05) is 13.6 Å². The van der Waals surface area contributed by atoms with Gasteiger partial charge in [-0.1, -0.05) is 6.07 Å². The number of hydrogen-bond acceptors (Lipinski definition) is 6. The van der Waals surface area contributed by atoms with Crippen LogP contribution in [-0.2, 0) is 6.54 Å². The second-order valence-corrected chi connectivity index (χ2v) is 7.32. The molecule has 3 aromatic rings. The van der Waals surface area contributed by atoms with Crippen molar-refractivity contribution in [3.05, 3.63) is 64.9 Å². The number of carbonyl (C=O) groups is 2. The van der Waals surface area contributed by atoms with E-state index in [9.17, 15) is 9.59 Å². The minimum absolute atomic E-state index is 0.126. The zero-order valence-electron chi connectivity index (χ0n) is 15.1. The Morgan fingerprint density at radius 2 is 1.93 bits per heavy atom. The average molecular weight is 398 g/mol. The van der Waals surface area contributed by atoms with E-state index in [2.05, 4.69) is 5.32 Å². The zero-order valence-corrected chi connectivity index (χ0v) is 16.0. The minimum Gasteiger partial charge on any atom is -0.486 e. The average Bonchev–Trinajstić information content (AvgIpc) is 3.39. The number of rotatable bonds is 5. The molecule has 4 rings (SSSR count). The second-order valence-electron chi connectivity index (χ2n) is 6.23. The Kier molecular flexibility index (Phi) is 5.03. The van der Waals surface area contributed by atoms with Crippen molar-refractivity contribution in [1.82, 2.24) is 4.90 Å². The van der Waals surface area contributed by atoms with Crippen LogP contribution in [0.15, 0.2) is 53.1 Å². The molecule has 0 saturated heterocycles. The van der Waals surface area contributed by atoms with Crippen molar-refractivity contribution in [1.29, 1.82) is 0 Å². The Morgan fingerprint density at radius 3 is 2.71 bits per heavy atom. The third kappa shape index (κ3) is 3.86. The van der Waals surface area contributed by atoms with Gasteiger partial charge in [0.2, 0.25) is 0 Å². The number of benzene rings is 1. The summed E-state index contributed by atoms with van der Waals surface area (Å²) in [5.41, 5.74) is 0.947. The van der Waals surface area contributed by atoms with Crippen molar-refractivity contribution in [2.24, 2.45) is 0 Å². The van der Waals surface area contributed by atoms with Crippen LogP contribution in [0.3, 0.4) is 0 Å². The second kappa shape index (κ2) is 7.77. The first-order valence-electron chi connectivity index (χ1n) is 8.69. The van der Waals surface area contributed by atoms with Gasteiger partial charge in [-0.2, -0.15) is 0 Å². The van der Waals surface area contributed by atoms with Gasteiger partial charge >= 0.3 is 0 Å². The van der Waals surface area contributed by atoms with Gasteiger partial charge in [0.15, 0.2) is 17.3 Å². The molecule has 2 amide bonds. The maximum atomic E-state index is 12.7. The summed E-state index contributed by atoms with van der Waals surface area (Å²) in [5, 5.41) is 3.31. The molecule has 7 nitrogen and oxygen atoms in total. The fourth-order valence-corrected chi connectivity index (χ4v) is 3.72. The molecular formula is C20H18N2O5S. The number of fused-ring (bicyclic) bond motifs is 1. The highest BCUT2D eigenvalue weighted by molar-refractivity contribution is 7.18. The van der Waals surface area contributed by atoms with E-state index in [-0.39, 0.29) is 17.6 Å². The molecule has 1 N–H and O–H groups in total. The molecule has 0 spiro atoms. The molecular weight excluding hydrogens is 380 g/mol. The summed E-state index contributed by atoms with van der Waals surface area (Å²) in [6, 6.07) is 12.3. The highest BCUT2D eigenvalue weighted by Crippen LogP contribution is 2.31. The molecule has 1 aliphatic rings. The van der Waals surface area contributed by atoms with Crippen LogP contribution in [0.2, 0.25) is 0 Å². The number of amides is 2. The lowest BCUT2D eigenvalue weighted by Gasteiger charge is -2.21. The highest BCUT2D eigenvalue weighted by atomic mass is 32.1. The number of nitrogens with zero attached hydrogens (tertiary/aromatic N) is 1. The third-order valence-electron chi connectivity index (χ3n) is 4.17. The normalized spacial score (nSPS) is 12.5. The molecule has 0 fully saturated rings. The molecule has 0 atom stereocenters. The Hall–Kier alpha value is -3.26. The van der Waals surface area contributed by atoms with Crippen molar-refractivity contribution >= 4 is 28.2 Å². The van der Waals surface area contributed by atoms with Crippen LogP contribution < -0.4 is 14.8 Å². The third-order valence-corrected chi connectivity index (χ3v) is 5.16. The Bertz CT molecular complexity index is 996. The van der Waals surface area contributed by atoms with Crippen LogP contribution in [0.1, 0.15) is 25.8 Å². The summed E-state index contributed by atoms with van der Waals surface area (Å²) >= 11 is 1.22. The standard InChI is InChI=1S/C20H18N2O5S/c1-22(12-13-4-5-14-16(11-13)27-10-9-26-14)20(24)17-6-7-18(28-17)21-19(23)15-3-2-8-25-15/h2-8,11H,9-10,12H2,1H3,(H,21,23). The number of anilines is 1. The van der Waals surface area contributed by atoms with Crippen LogP contribution in [0.5, 0.6) is 11.5 Å². The number of carbonyl (C=O) groups excluding carboxylic acids is 2. The van der Waals surface area contributed by atoms with E-state index in [4.69, 9.17) is 13.9 Å². The Labute approximate surface area is 165 Å². The van der Waals surface area contributed by atoms with Crippen LogP contribution >= 0.6 is 11.3 Å². The lowest BCUT2D eigenvalue weighted by molar-refractivity contribution is 0.0789. The first-order chi connectivity index (χ1) is 13.6. The quantitative estimate of drug-likeness (QED) is 0.710. The van der Waals surface area contributed by atoms with Gasteiger partial charge in [-0.3, -0.25) is 9.59 Å². The molecule has 28 heavy (non-hydrogen) atoms. The molecule has 3 heterocycles. The summed E-state index contributed by atoms with van der Waals surface area (Å²) in [6.45, 7) is 1.50. The summed E-state index contributed by atoms with van der Waals surface area (Å²) in [6.07, 6.45) is 1.44. The fourth-order valence-electron chi connectivity index (χ4n) is 2.82. The fraction of sp³-hybridized carbons (Fsp3) is 0.200. The number of furan rings is 1. The molecule has 0 bridgehead atoms. The SMILES string of the molecule is CN(Cc1ccc2c(c1)OCCO2)C(=O)c1ccc(NC(=O)c2ccco2)s1. The Morgan fingerprint density at radius 1 is 1.11 bits per heavy atom. The van der Waals surface area contributed by atoms with Crippen molar-refractivity contribution in [3.8, 4) is 11.5 Å². The molecule has 0 radical (unpaired) electrons. The Balaban J connectivity index is 1.40. The van der Waals surface area contributed by atoms with Gasteiger partial charge in [-0.05, 0) is 42.0 Å². The van der Waals surface area contributed by atoms with Gasteiger partial charge in [-0.15, -0.1) is 11.3 Å². The molecule has 8 heteroatoms. The van der Waals surface area contributed by atoms with E-state index in [0.717, 1.165) is 11.3 Å². The summed E-state index contributed by atoms with van der Waals surface area (Å²) < 4.78 is 16.2. The molecule has 0 aliphatic carbocycles. The van der Waals surface area contributed by atoms with Crippen LogP contribution in [0.4, 0.5) is 5.00 Å². The summed E-state index contributed by atoms with van der Waals surface area (Å²) in [5.74, 6) is 1.16. The molecule has 0 saturated carbocycles. The van der Waals surface area contributed by atoms with E-state index in [1.54, 1.807) is 36.2 Å². The number of hydrogen-bond donors (Lipinski definition) is 1. The first kappa shape index (κ1) is 18.1. The lowest BCUT2D eigenvalue weighted by Crippen LogP contribution is -2.25. The van der Waals surface area contributed by atoms with E-state index in [0.29, 0.717) is 35.4 Å². The predicted molar refractivity (Wildman–Crippen MR) is 104 cm³/mol. The van der Waals surface area contributed by atoms with Crippen LogP contribution in [0.25, 0.3) is 0 Å². The van der Waals surface area contributed by atoms with Crippen molar-refractivity contribution in [2.45, 2.75) is 6.54 Å². The monoisotopic (exact) mass is 398 g/mol. The lowest BCUT2D eigenvalue weighted by atomic mass is 10.2. The van der Waals surface area contributed by atoms with E-state index in [1.807, 2.05) is 18.2 Å². The summed E-state index contributed by atoms with van der Waals surface area (Å²) in [7, 11) is 1.74. The zero-order chi connectivity index (χ0) is 19.5. The van der Waals surface area contributed by atoms with Crippen molar-refractivity contribution < 1.29 is 23.5 Å². The largest absolute Gasteiger partial charge is 0.486 e. The van der Waals surface area contributed by atoms with E-state index in [1.165, 1.54) is 17.6 Å². The summed E-state index contributed by atoms with van der Waals surface area (Å²) in [4.78, 5) is 26.9. The number of thiophene rings is 1. The van der Waals surface area contributed by atoms with Gasteiger partial charge in [-0.25, -0.2) is 0 Å². The van der Waals surface area contributed by atoms with E-state index >= 15 is 0 Å². The topological polar surface area (TPSA) is 81.0 Å². The van der Waals surface area contributed by atoms with Gasteiger partial charge < -0.3 is 24.1 Å². The molecule has 1 aromatic carbocycles. The van der Waals surface area contributed by atoms with Crippen LogP contribution in [-0.4, -0.2) is 37.0 Å². The molecule has 144 valence electrons. The van der Waals surface area contributed by atoms with Crippen molar-refractivity contribution in [3.63, 3.8) is 0 Å². The maximum absolute atomic E-state index is 12.7. The number of nitrogens with one attached hydrogen (secondary N) is 1. The van der Waals surface area contributed by atoms with Gasteiger partial charge in [0.1, 0.15) is 13.2 Å². The van der Waals surface area contributed by atoms with Gasteiger partial charge in [0.05, 0.1) is 16.1 Å². The van der Waals surface area contributed by atoms with Gasteiger partial charge in [0.25, 0.3) is 11.8 Å². The highest BCUT2D eigenvalue weighted by Gasteiger charge is 2.18. The van der Waals surface area contributed by atoms with Crippen molar-refractivity contribution in [2.75, 3.05) is 25.6 Å². The molecule has 2 aromatic heterocycles.